The number of nitrogens with one attached hydrogen (secondary N) is 1. The van der Waals surface area contributed by atoms with E-state index in [1.807, 2.05) is 6.07 Å². The first-order valence-electron chi connectivity index (χ1n) is 7.42. The van der Waals surface area contributed by atoms with Crippen LogP contribution in [0.25, 0.3) is 0 Å². The lowest BCUT2D eigenvalue weighted by Crippen LogP contribution is -2.66. The fourth-order valence-electron chi connectivity index (χ4n) is 2.37. The second-order valence-electron chi connectivity index (χ2n) is 6.48. The normalized spacial score (nSPS) is 23.8. The number of morpholine rings is 1. The van der Waals surface area contributed by atoms with Crippen LogP contribution in [0.2, 0.25) is 0 Å². The highest BCUT2D eigenvalue weighted by atomic mass is 16.5. The predicted molar refractivity (Wildman–Crippen MR) is 79.4 cm³/mol. The Morgan fingerprint density at radius 2 is 2.10 bits per heavy atom. The molecule has 118 valence electrons. The number of hydrogen-bond acceptors (Lipinski definition) is 5. The maximum atomic E-state index is 11.6. The molecule has 0 radical (unpaired) electrons. The molecule has 1 N–H and O–H groups in total. The Hall–Kier alpha value is -1.33. The minimum absolute atomic E-state index is 0.132. The molecule has 1 aromatic rings. The molecule has 1 aromatic heterocycles. The first-order valence-corrected chi connectivity index (χ1v) is 7.42. The summed E-state index contributed by atoms with van der Waals surface area (Å²) in [6, 6.07) is 3.64. The molecule has 1 fully saturated rings. The van der Waals surface area contributed by atoms with Crippen LogP contribution < -0.4 is 5.32 Å². The molecule has 1 aliphatic rings. The van der Waals surface area contributed by atoms with Crippen molar-refractivity contribution in [2.24, 2.45) is 0 Å². The first-order chi connectivity index (χ1) is 9.75. The molecule has 0 bridgehead atoms. The Kier molecular flexibility index (Phi) is 4.44. The van der Waals surface area contributed by atoms with Crippen LogP contribution in [0.1, 0.15) is 50.9 Å². The summed E-state index contributed by atoms with van der Waals surface area (Å²) in [5.41, 5.74) is -0.352. The number of hydrogen-bond donors (Lipinski definition) is 1. The van der Waals surface area contributed by atoms with Gasteiger partial charge in [-0.2, -0.15) is 0 Å². The summed E-state index contributed by atoms with van der Waals surface area (Å²) < 4.78 is 16.4. The lowest BCUT2D eigenvalue weighted by atomic mass is 9.83. The highest BCUT2D eigenvalue weighted by Crippen LogP contribution is 2.30. The van der Waals surface area contributed by atoms with Crippen LogP contribution in [-0.4, -0.2) is 36.4 Å². The maximum Gasteiger partial charge on any atom is 0.374 e. The summed E-state index contributed by atoms with van der Waals surface area (Å²) in [6.45, 7) is 11.2. The molecule has 0 aliphatic carbocycles. The lowest BCUT2D eigenvalue weighted by Gasteiger charge is -2.49. The van der Waals surface area contributed by atoms with E-state index in [0.29, 0.717) is 19.6 Å². The zero-order valence-electron chi connectivity index (χ0n) is 13.5. The second kappa shape index (κ2) is 5.81. The molecule has 1 saturated heterocycles. The third-order valence-corrected chi connectivity index (χ3v) is 4.30. The molecule has 5 heteroatoms. The molecule has 21 heavy (non-hydrogen) atoms. The number of rotatable bonds is 4. The van der Waals surface area contributed by atoms with Crippen molar-refractivity contribution in [2.75, 3.05) is 13.2 Å². The van der Waals surface area contributed by atoms with Gasteiger partial charge in [0.15, 0.2) is 0 Å². The summed E-state index contributed by atoms with van der Waals surface area (Å²) in [5.74, 6) is 0.593. The van der Waals surface area contributed by atoms with Gasteiger partial charge in [0.2, 0.25) is 5.76 Å². The molecule has 2 rings (SSSR count). The highest BCUT2D eigenvalue weighted by Gasteiger charge is 2.43. The van der Waals surface area contributed by atoms with Gasteiger partial charge in [-0.25, -0.2) is 4.79 Å². The number of furan rings is 1. The van der Waals surface area contributed by atoms with E-state index in [0.717, 1.165) is 5.76 Å². The molecule has 0 spiro atoms. The minimum atomic E-state index is -0.418. The van der Waals surface area contributed by atoms with E-state index < -0.39 is 5.97 Å². The van der Waals surface area contributed by atoms with Gasteiger partial charge in [-0.15, -0.1) is 0 Å². The van der Waals surface area contributed by atoms with E-state index >= 15 is 0 Å². The number of ether oxygens (including phenoxy) is 2. The highest BCUT2D eigenvalue weighted by molar-refractivity contribution is 5.86. The second-order valence-corrected chi connectivity index (χ2v) is 6.48. The van der Waals surface area contributed by atoms with Crippen LogP contribution >= 0.6 is 0 Å². The van der Waals surface area contributed by atoms with E-state index in [-0.39, 0.29) is 22.9 Å². The molecule has 1 aliphatic heterocycles. The van der Waals surface area contributed by atoms with Crippen LogP contribution in [0.3, 0.4) is 0 Å². The molecule has 0 saturated carbocycles. The molecule has 5 nitrogen and oxygen atoms in total. The van der Waals surface area contributed by atoms with Gasteiger partial charge in [0.05, 0.1) is 18.8 Å². The van der Waals surface area contributed by atoms with Crippen molar-refractivity contribution >= 4 is 5.97 Å². The van der Waals surface area contributed by atoms with Crippen molar-refractivity contribution in [2.45, 2.75) is 58.2 Å². The monoisotopic (exact) mass is 295 g/mol. The fraction of sp³-hybridized carbons (Fsp3) is 0.688. The standard InChI is InChI=1S/C16H25NO4/c1-6-19-14(18)13-8-7-12(21-13)9-11-10-20-16(4,5)15(2,3)17-11/h7-8,11,17H,6,9-10H2,1-5H3. The van der Waals surface area contributed by atoms with Crippen molar-refractivity contribution in [3.05, 3.63) is 23.7 Å². The van der Waals surface area contributed by atoms with Gasteiger partial charge in [0.1, 0.15) is 5.76 Å². The molecular formula is C16H25NO4. The Labute approximate surface area is 126 Å². The summed E-state index contributed by atoms with van der Waals surface area (Å²) in [7, 11) is 0. The van der Waals surface area contributed by atoms with Crippen LogP contribution in [-0.2, 0) is 15.9 Å². The van der Waals surface area contributed by atoms with Crippen molar-refractivity contribution in [3.63, 3.8) is 0 Å². The van der Waals surface area contributed by atoms with E-state index in [1.54, 1.807) is 13.0 Å². The largest absolute Gasteiger partial charge is 0.460 e. The average molecular weight is 295 g/mol. The van der Waals surface area contributed by atoms with Crippen LogP contribution in [0.5, 0.6) is 0 Å². The van der Waals surface area contributed by atoms with Crippen molar-refractivity contribution in [1.82, 2.24) is 5.32 Å². The van der Waals surface area contributed by atoms with Gasteiger partial charge in [0, 0.05) is 18.0 Å². The van der Waals surface area contributed by atoms with Crippen molar-refractivity contribution in [1.29, 1.82) is 0 Å². The van der Waals surface area contributed by atoms with Gasteiger partial charge >= 0.3 is 5.97 Å². The molecule has 1 atom stereocenters. The van der Waals surface area contributed by atoms with Gasteiger partial charge in [-0.1, -0.05) is 0 Å². The van der Waals surface area contributed by atoms with Gasteiger partial charge in [-0.05, 0) is 46.8 Å². The topological polar surface area (TPSA) is 60.7 Å². The third kappa shape index (κ3) is 3.47. The Morgan fingerprint density at radius 1 is 1.38 bits per heavy atom. The minimum Gasteiger partial charge on any atom is -0.460 e. The smallest absolute Gasteiger partial charge is 0.374 e. The summed E-state index contributed by atoms with van der Waals surface area (Å²) >= 11 is 0. The van der Waals surface area contributed by atoms with Crippen molar-refractivity contribution < 1.29 is 18.7 Å². The molecule has 0 aromatic carbocycles. The third-order valence-electron chi connectivity index (χ3n) is 4.30. The zero-order chi connectivity index (χ0) is 15.7. The van der Waals surface area contributed by atoms with Crippen molar-refractivity contribution in [3.8, 4) is 0 Å². The Balaban J connectivity index is 1.99. The predicted octanol–water partition coefficient (Wildman–Crippen LogP) is 2.54. The van der Waals surface area contributed by atoms with Crippen LogP contribution in [0.4, 0.5) is 0 Å². The van der Waals surface area contributed by atoms with Gasteiger partial charge in [-0.3, -0.25) is 0 Å². The Bertz CT molecular complexity index is 504. The molecule has 1 unspecified atom stereocenters. The quantitative estimate of drug-likeness (QED) is 0.865. The van der Waals surface area contributed by atoms with E-state index in [2.05, 4.69) is 33.0 Å². The number of carbonyl (C=O) groups excluding carboxylic acids is 1. The fourth-order valence-corrected chi connectivity index (χ4v) is 2.37. The lowest BCUT2D eigenvalue weighted by molar-refractivity contribution is -0.121. The maximum absolute atomic E-state index is 11.6. The summed E-state index contributed by atoms with van der Waals surface area (Å²) in [5, 5.41) is 3.59. The molecule has 2 heterocycles. The summed E-state index contributed by atoms with van der Waals surface area (Å²) in [6.07, 6.45) is 0.679. The molecular weight excluding hydrogens is 270 g/mol. The van der Waals surface area contributed by atoms with E-state index in [9.17, 15) is 4.79 Å². The zero-order valence-corrected chi connectivity index (χ0v) is 13.5. The molecule has 0 amide bonds. The summed E-state index contributed by atoms with van der Waals surface area (Å²) in [4.78, 5) is 11.6. The van der Waals surface area contributed by atoms with E-state index in [1.165, 1.54) is 0 Å². The van der Waals surface area contributed by atoms with Crippen LogP contribution in [0, 0.1) is 0 Å². The first kappa shape index (κ1) is 16.0. The number of esters is 1. The SMILES string of the molecule is CCOC(=O)c1ccc(CC2COC(C)(C)C(C)(C)N2)o1. The van der Waals surface area contributed by atoms with E-state index in [4.69, 9.17) is 13.9 Å². The van der Waals surface area contributed by atoms with Gasteiger partial charge in [0.25, 0.3) is 0 Å². The van der Waals surface area contributed by atoms with Gasteiger partial charge < -0.3 is 19.2 Å². The number of carbonyl (C=O) groups is 1. The van der Waals surface area contributed by atoms with Crippen LogP contribution in [0.15, 0.2) is 16.5 Å². The average Bonchev–Trinajstić information content (AvgIpc) is 2.83. The Morgan fingerprint density at radius 3 is 2.71 bits per heavy atom.